The van der Waals surface area contributed by atoms with Gasteiger partial charge in [-0.05, 0) is 229 Å². The van der Waals surface area contributed by atoms with Crippen molar-refractivity contribution in [2.45, 2.75) is 238 Å². The van der Waals surface area contributed by atoms with Crippen molar-refractivity contribution in [1.29, 1.82) is 0 Å². The Labute approximate surface area is 837 Å². The summed E-state index contributed by atoms with van der Waals surface area (Å²) in [5.41, 5.74) is 51.5. The van der Waals surface area contributed by atoms with Gasteiger partial charge in [-0.25, -0.2) is 33.2 Å². The second-order valence-electron chi connectivity index (χ2n) is 44.6. The molecule has 12 heteroatoms. The van der Waals surface area contributed by atoms with E-state index >= 15 is 0 Å². The van der Waals surface area contributed by atoms with Gasteiger partial charge >= 0.3 is 0 Å². The van der Waals surface area contributed by atoms with Gasteiger partial charge in [0.1, 0.15) is 39.4 Å². The van der Waals surface area contributed by atoms with E-state index in [9.17, 15) is 0 Å². The standard InChI is InChI=1S/C35H39N2O.C33H35N2O.2C31H31N2O/c1-19(2)28-18-37(9)30(16-23(28)8)31-22(7)14-15-25-27-17-26-24-12-10-11-13-29(24)35(20(3)4,21(5)6)33(26)36-34(27)38-32(25)31;1-8-33(9-2)27-13-11-10-12-22(27)24-17-25-23-15-14-20(5)29(30(23)36-32(25)34-31(24)33)28-16-21(6)26(19(3)4)18-35(28)7;1-17(2)24-16-33(7)26(13-19(24)4)28-18(3)10-11-20-23-14-22-21-9-8-12-32-30(21)31(5,6)25(22)15-27(23)34-29(20)28;1-17(2)24-16-33(7)26(14-19(24)4)27-18(3)12-13-21-23-15-22-20-10-8-9-11-25(20)31(5,6)29(22)32-30(23)34-28(21)27/h10-21H,1-9H3;10-19H,8-9H2,1-7H3;2*8-17H,1-7H3/q4*+1. The maximum atomic E-state index is 6.74. The van der Waals surface area contributed by atoms with E-state index in [0.29, 0.717) is 35.5 Å². The van der Waals surface area contributed by atoms with Gasteiger partial charge in [0, 0.05) is 140 Å². The average molecular weight is 1870 g/mol. The first-order valence-corrected chi connectivity index (χ1v) is 51.6. The van der Waals surface area contributed by atoms with E-state index in [1.807, 2.05) is 12.3 Å². The van der Waals surface area contributed by atoms with Crippen LogP contribution < -0.4 is 18.3 Å². The highest BCUT2D eigenvalue weighted by Gasteiger charge is 2.51. The molecule has 8 aromatic carbocycles. The third-order valence-electron chi connectivity index (χ3n) is 33.2. The molecule has 0 bridgehead atoms. The molecule has 0 aliphatic heterocycles. The fourth-order valence-electron chi connectivity index (χ4n) is 25.8. The highest BCUT2D eigenvalue weighted by molar-refractivity contribution is 6.15. The molecule has 4 aliphatic rings. The van der Waals surface area contributed by atoms with Crippen molar-refractivity contribution in [2.75, 3.05) is 0 Å². The average Bonchev–Trinajstić information content (AvgIpc) is 1.54. The largest absolute Gasteiger partial charge is 0.455 e. The van der Waals surface area contributed by atoms with Gasteiger partial charge in [-0.2, -0.15) is 0 Å². The Balaban J connectivity index is 0.000000112. The summed E-state index contributed by atoms with van der Waals surface area (Å²) in [4.78, 5) is 20.5. The highest BCUT2D eigenvalue weighted by atomic mass is 16.4. The zero-order chi connectivity index (χ0) is 100. The minimum Gasteiger partial charge on any atom is -0.455 e. The SMILES string of the molecule is CCC1(CC)c2ccccc2-c2cc3c(nc21)oc1c(-c2cc(C)c(C(C)C)c[n+]2C)c(C)ccc13.Cc1cc(-c2c(C)ccc3c2oc2cc4c(cc23)-c2cccnc2C4(C)C)[n+](C)cc1C(C)C.Cc1cc(-c2c(C)ccc3c2oc2nc4c(cc23)-c2ccccc2C4(C(C)C)C(C)C)[n+](C)cc1C(C)C.Cc1cc(-c2c(C)ccc3c2oc2nc4c(cc23)-c2ccccc2C4(C)C)[n+](C)cc1C(C)C. The Morgan fingerprint density at radius 3 is 0.993 bits per heavy atom. The van der Waals surface area contributed by atoms with Gasteiger partial charge < -0.3 is 17.7 Å². The van der Waals surface area contributed by atoms with Crippen molar-refractivity contribution in [3.63, 3.8) is 0 Å². The molecule has 0 spiro atoms. The molecule has 20 aromatic rings. The molecule has 716 valence electrons. The van der Waals surface area contributed by atoms with E-state index < -0.39 is 0 Å². The van der Waals surface area contributed by atoms with Crippen LogP contribution in [0.1, 0.15) is 273 Å². The molecule has 4 aliphatic carbocycles. The Hall–Kier alpha value is -13.8. The molecule has 12 heterocycles. The summed E-state index contributed by atoms with van der Waals surface area (Å²) in [5.74, 6) is 2.75. The smallest absolute Gasteiger partial charge is 0.227 e. The topological polar surface area (TPSA) is 120 Å². The summed E-state index contributed by atoms with van der Waals surface area (Å²) < 4.78 is 35.7. The highest BCUT2D eigenvalue weighted by Crippen LogP contribution is 2.60. The van der Waals surface area contributed by atoms with Gasteiger partial charge in [0.25, 0.3) is 0 Å². The molecule has 12 aromatic heterocycles. The van der Waals surface area contributed by atoms with Gasteiger partial charge in [-0.1, -0.05) is 252 Å². The predicted octanol–water partition coefficient (Wildman–Crippen LogP) is 32.1. The Morgan fingerprint density at radius 2 is 0.599 bits per heavy atom. The van der Waals surface area contributed by atoms with Crippen LogP contribution in [0.25, 0.3) is 178 Å². The molecule has 24 rings (SSSR count). The van der Waals surface area contributed by atoms with E-state index in [0.717, 1.165) is 124 Å². The van der Waals surface area contributed by atoms with Crippen LogP contribution in [0.4, 0.5) is 0 Å². The quantitative estimate of drug-likeness (QED) is 0.111. The number of aryl methyl sites for hydroxylation is 12. The molecule has 0 unspecified atom stereocenters. The van der Waals surface area contributed by atoms with Crippen molar-refractivity contribution in [3.8, 4) is 89.5 Å². The van der Waals surface area contributed by atoms with Crippen LogP contribution in [-0.2, 0) is 49.9 Å². The summed E-state index contributed by atoms with van der Waals surface area (Å²) >= 11 is 0. The van der Waals surface area contributed by atoms with Crippen molar-refractivity contribution >= 4 is 88.1 Å². The molecular formula is C130H136N8O4+4. The van der Waals surface area contributed by atoms with E-state index in [2.05, 4.69) is 433 Å². The summed E-state index contributed by atoms with van der Waals surface area (Å²) in [6, 6.07) is 69.2. The van der Waals surface area contributed by atoms with Crippen molar-refractivity contribution in [2.24, 2.45) is 40.0 Å². The van der Waals surface area contributed by atoms with Crippen LogP contribution in [0.5, 0.6) is 0 Å². The van der Waals surface area contributed by atoms with Gasteiger partial charge in [0.15, 0.2) is 41.5 Å². The number of hydrogen-bond donors (Lipinski definition) is 0. The lowest BCUT2D eigenvalue weighted by Crippen LogP contribution is -2.38. The minimum absolute atomic E-state index is 0.0614. The lowest BCUT2D eigenvalue weighted by Gasteiger charge is -2.39. The lowest BCUT2D eigenvalue weighted by molar-refractivity contribution is -0.661. The van der Waals surface area contributed by atoms with Crippen LogP contribution in [0, 0.1) is 67.2 Å². The number of rotatable bonds is 12. The summed E-state index contributed by atoms with van der Waals surface area (Å²) in [7, 11) is 8.56. The molecule has 0 radical (unpaired) electrons. The molecule has 12 nitrogen and oxygen atoms in total. The third kappa shape index (κ3) is 14.3. The Kier molecular flexibility index (Phi) is 22.9. The molecule has 0 saturated carbocycles. The van der Waals surface area contributed by atoms with Gasteiger partial charge in [-0.15, -0.1) is 0 Å². The van der Waals surface area contributed by atoms with E-state index in [-0.39, 0.29) is 21.7 Å². The number of furan rings is 4. The van der Waals surface area contributed by atoms with Crippen LogP contribution in [-0.4, -0.2) is 19.9 Å². The number of benzene rings is 8. The maximum Gasteiger partial charge on any atom is 0.227 e. The summed E-state index contributed by atoms with van der Waals surface area (Å²) in [6.45, 7) is 58.5. The molecule has 0 atom stereocenters. The van der Waals surface area contributed by atoms with Crippen LogP contribution >= 0.6 is 0 Å². The summed E-state index contributed by atoms with van der Waals surface area (Å²) in [5, 5.41) is 9.00. The van der Waals surface area contributed by atoms with Gasteiger partial charge in [0.2, 0.25) is 39.9 Å². The van der Waals surface area contributed by atoms with Gasteiger partial charge in [-0.3, -0.25) is 4.98 Å². The number of pyridine rings is 8. The van der Waals surface area contributed by atoms with Crippen LogP contribution in [0.2, 0.25) is 0 Å². The molecule has 142 heavy (non-hydrogen) atoms. The minimum atomic E-state index is -0.145. The zero-order valence-electron chi connectivity index (χ0n) is 88.9. The zero-order valence-corrected chi connectivity index (χ0v) is 88.9. The lowest BCUT2D eigenvalue weighted by atomic mass is 9.64. The Bertz CT molecular complexity index is 8420. The van der Waals surface area contributed by atoms with E-state index in [1.165, 1.54) is 178 Å². The van der Waals surface area contributed by atoms with Gasteiger partial charge in [0.05, 0.1) is 45.0 Å². The first kappa shape index (κ1) is 94.4. The van der Waals surface area contributed by atoms with E-state index in [1.54, 1.807) is 0 Å². The van der Waals surface area contributed by atoms with Crippen LogP contribution in [0.3, 0.4) is 0 Å². The first-order valence-electron chi connectivity index (χ1n) is 51.6. The Morgan fingerprint density at radius 1 is 0.282 bits per heavy atom. The molecule has 0 amide bonds. The monoisotopic (exact) mass is 1870 g/mol. The van der Waals surface area contributed by atoms with Crippen LogP contribution in [0.15, 0.2) is 237 Å². The second kappa shape index (κ2) is 34.5. The first-order chi connectivity index (χ1) is 67.7. The molecule has 0 N–H and O–H groups in total. The number of nitrogens with zero attached hydrogens (tertiary/aromatic N) is 8. The number of hydrogen-bond acceptors (Lipinski definition) is 8. The molecule has 0 saturated heterocycles. The van der Waals surface area contributed by atoms with E-state index in [4.69, 9.17) is 37.6 Å². The number of fused-ring (bicyclic) bond motifs is 24. The maximum absolute atomic E-state index is 6.74. The normalized spacial score (nSPS) is 14.2. The fraction of sp³-hybridized carbons (Fsp3) is 0.323. The third-order valence-corrected chi connectivity index (χ3v) is 33.2. The molecule has 0 fully saturated rings. The number of aromatic nitrogens is 8. The molecular weight excluding hydrogens is 1740 g/mol. The fourth-order valence-corrected chi connectivity index (χ4v) is 25.8. The predicted molar refractivity (Wildman–Crippen MR) is 585 cm³/mol. The van der Waals surface area contributed by atoms with Crippen molar-refractivity contribution in [1.82, 2.24) is 19.9 Å². The van der Waals surface area contributed by atoms with Crippen molar-refractivity contribution in [3.05, 3.63) is 331 Å². The van der Waals surface area contributed by atoms with Crippen molar-refractivity contribution < 1.29 is 35.9 Å². The second-order valence-corrected chi connectivity index (χ2v) is 44.6. The summed E-state index contributed by atoms with van der Waals surface area (Å²) in [6.07, 6.45) is 13.0.